The van der Waals surface area contributed by atoms with Crippen LogP contribution in [0.1, 0.15) is 40.0 Å². The van der Waals surface area contributed by atoms with E-state index in [9.17, 15) is 9.59 Å². The van der Waals surface area contributed by atoms with Crippen molar-refractivity contribution in [2.45, 2.75) is 33.2 Å². The number of hydrogen-bond acceptors (Lipinski definition) is 3. The molecule has 2 aromatic rings. The van der Waals surface area contributed by atoms with Gasteiger partial charge in [-0.05, 0) is 56.4 Å². The number of aromatic amines is 1. The largest absolute Gasteiger partial charge is 0.492 e. The van der Waals surface area contributed by atoms with Crippen molar-refractivity contribution in [3.8, 4) is 5.75 Å². The molecule has 24 heavy (non-hydrogen) atoms. The number of ether oxygens (including phenoxy) is 1. The van der Waals surface area contributed by atoms with E-state index in [0.717, 1.165) is 11.3 Å². The second kappa shape index (κ2) is 6.91. The summed E-state index contributed by atoms with van der Waals surface area (Å²) in [6.45, 7) is 4.55. The van der Waals surface area contributed by atoms with Crippen LogP contribution in [-0.2, 0) is 6.54 Å². The number of rotatable bonds is 6. The maximum atomic E-state index is 12.5. The number of aryl methyl sites for hydroxylation is 2. The topological polar surface area (TPSA) is 71.2 Å². The van der Waals surface area contributed by atoms with Gasteiger partial charge < -0.3 is 15.0 Å². The third-order valence-electron chi connectivity index (χ3n) is 4.22. The summed E-state index contributed by atoms with van der Waals surface area (Å²) in [6, 6.07) is 9.11. The van der Waals surface area contributed by atoms with Gasteiger partial charge in [0.25, 0.3) is 11.5 Å². The molecule has 0 spiro atoms. The first-order valence-corrected chi connectivity index (χ1v) is 8.24. The summed E-state index contributed by atoms with van der Waals surface area (Å²) in [5, 5.41) is 2.82. The van der Waals surface area contributed by atoms with Gasteiger partial charge in [0, 0.05) is 17.8 Å². The molecule has 5 heteroatoms. The van der Waals surface area contributed by atoms with E-state index < -0.39 is 0 Å². The Balaban J connectivity index is 1.70. The highest BCUT2D eigenvalue weighted by molar-refractivity contribution is 5.96. The lowest BCUT2D eigenvalue weighted by Gasteiger charge is -2.12. The van der Waals surface area contributed by atoms with E-state index in [-0.39, 0.29) is 18.0 Å². The first kappa shape index (κ1) is 16.3. The summed E-state index contributed by atoms with van der Waals surface area (Å²) < 4.78 is 5.77. The van der Waals surface area contributed by atoms with Crippen molar-refractivity contribution in [2.75, 3.05) is 6.61 Å². The van der Waals surface area contributed by atoms with Crippen LogP contribution >= 0.6 is 0 Å². The lowest BCUT2D eigenvalue weighted by atomic mass is 10.1. The van der Waals surface area contributed by atoms with Gasteiger partial charge in [-0.25, -0.2) is 0 Å². The Morgan fingerprint density at radius 3 is 2.75 bits per heavy atom. The second-order valence-corrected chi connectivity index (χ2v) is 6.38. The summed E-state index contributed by atoms with van der Waals surface area (Å²) in [7, 11) is 0. The SMILES string of the molecule is Cc1cc(C)c(CNC(=O)c2ccccc2OCC2CC2)c(=O)[nH]1. The molecular weight excluding hydrogens is 304 g/mol. The Hall–Kier alpha value is -2.56. The smallest absolute Gasteiger partial charge is 0.255 e. The first-order chi connectivity index (χ1) is 11.5. The molecule has 1 heterocycles. The second-order valence-electron chi connectivity index (χ2n) is 6.38. The lowest BCUT2D eigenvalue weighted by molar-refractivity contribution is 0.0946. The Morgan fingerprint density at radius 1 is 1.29 bits per heavy atom. The van der Waals surface area contributed by atoms with Gasteiger partial charge in [-0.3, -0.25) is 9.59 Å². The molecular formula is C19H22N2O3. The molecule has 1 aliphatic carbocycles. The zero-order valence-corrected chi connectivity index (χ0v) is 14.0. The molecule has 1 aromatic heterocycles. The van der Waals surface area contributed by atoms with Gasteiger partial charge in [-0.1, -0.05) is 12.1 Å². The Labute approximate surface area is 141 Å². The molecule has 1 amide bonds. The predicted molar refractivity (Wildman–Crippen MR) is 92.4 cm³/mol. The van der Waals surface area contributed by atoms with E-state index >= 15 is 0 Å². The number of amides is 1. The minimum atomic E-state index is -0.235. The van der Waals surface area contributed by atoms with E-state index in [1.807, 2.05) is 32.0 Å². The van der Waals surface area contributed by atoms with Crippen molar-refractivity contribution < 1.29 is 9.53 Å². The van der Waals surface area contributed by atoms with Crippen LogP contribution in [0.4, 0.5) is 0 Å². The average molecular weight is 326 g/mol. The molecule has 0 saturated heterocycles. The van der Waals surface area contributed by atoms with Crippen LogP contribution in [0.3, 0.4) is 0 Å². The van der Waals surface area contributed by atoms with Crippen LogP contribution in [-0.4, -0.2) is 17.5 Å². The Kier molecular flexibility index (Phi) is 4.69. The van der Waals surface area contributed by atoms with Crippen LogP contribution in [0.5, 0.6) is 5.75 Å². The average Bonchev–Trinajstić information content (AvgIpc) is 3.36. The van der Waals surface area contributed by atoms with Gasteiger partial charge >= 0.3 is 0 Å². The fourth-order valence-electron chi connectivity index (χ4n) is 2.64. The number of hydrogen-bond donors (Lipinski definition) is 2. The molecule has 1 saturated carbocycles. The number of benzene rings is 1. The molecule has 0 unspecified atom stereocenters. The predicted octanol–water partition coefficient (Wildman–Crippen LogP) is 2.71. The number of nitrogens with one attached hydrogen (secondary N) is 2. The fourth-order valence-corrected chi connectivity index (χ4v) is 2.64. The molecule has 126 valence electrons. The Bertz CT molecular complexity index is 806. The lowest BCUT2D eigenvalue weighted by Crippen LogP contribution is -2.28. The summed E-state index contributed by atoms with van der Waals surface area (Å²) in [5.41, 5.74) is 2.59. The maximum absolute atomic E-state index is 12.5. The van der Waals surface area contributed by atoms with Crippen molar-refractivity contribution in [1.82, 2.24) is 10.3 Å². The van der Waals surface area contributed by atoms with Gasteiger partial charge in [0.1, 0.15) is 5.75 Å². The summed E-state index contributed by atoms with van der Waals surface area (Å²) in [6.07, 6.45) is 2.40. The zero-order chi connectivity index (χ0) is 17.1. The van der Waals surface area contributed by atoms with Crippen LogP contribution in [0.2, 0.25) is 0 Å². The van der Waals surface area contributed by atoms with Crippen LogP contribution in [0, 0.1) is 19.8 Å². The number of aromatic nitrogens is 1. The molecule has 0 aliphatic heterocycles. The first-order valence-electron chi connectivity index (χ1n) is 8.24. The monoisotopic (exact) mass is 326 g/mol. The van der Waals surface area contributed by atoms with Crippen molar-refractivity contribution in [3.05, 3.63) is 63.1 Å². The minimum Gasteiger partial charge on any atom is -0.492 e. The van der Waals surface area contributed by atoms with Crippen LogP contribution in [0.15, 0.2) is 35.1 Å². The van der Waals surface area contributed by atoms with Crippen molar-refractivity contribution >= 4 is 5.91 Å². The highest BCUT2D eigenvalue weighted by atomic mass is 16.5. The van der Waals surface area contributed by atoms with Crippen molar-refractivity contribution in [2.24, 2.45) is 5.92 Å². The highest BCUT2D eigenvalue weighted by Crippen LogP contribution is 2.30. The molecule has 3 rings (SSSR count). The minimum absolute atomic E-state index is 0.161. The van der Waals surface area contributed by atoms with Crippen LogP contribution < -0.4 is 15.6 Å². The van der Waals surface area contributed by atoms with E-state index in [1.54, 1.807) is 12.1 Å². The molecule has 1 aromatic carbocycles. The Morgan fingerprint density at radius 2 is 2.04 bits per heavy atom. The van der Waals surface area contributed by atoms with Gasteiger partial charge in [0.05, 0.1) is 12.2 Å². The molecule has 5 nitrogen and oxygen atoms in total. The molecule has 1 fully saturated rings. The molecule has 0 radical (unpaired) electrons. The number of carbonyl (C=O) groups is 1. The molecule has 0 bridgehead atoms. The standard InChI is InChI=1S/C19H22N2O3/c1-12-9-13(2)21-19(23)16(12)10-20-18(22)15-5-3-4-6-17(15)24-11-14-7-8-14/h3-6,9,14H,7-8,10-11H2,1-2H3,(H,20,22)(H,21,23). The van der Waals surface area contributed by atoms with Crippen molar-refractivity contribution in [3.63, 3.8) is 0 Å². The van der Waals surface area contributed by atoms with E-state index in [1.165, 1.54) is 12.8 Å². The molecule has 1 aliphatic rings. The zero-order valence-electron chi connectivity index (χ0n) is 14.0. The summed E-state index contributed by atoms with van der Waals surface area (Å²) in [5.74, 6) is 0.979. The normalized spacial score (nSPS) is 13.6. The van der Waals surface area contributed by atoms with E-state index in [0.29, 0.717) is 29.4 Å². The van der Waals surface area contributed by atoms with Gasteiger partial charge in [0.15, 0.2) is 0 Å². The number of para-hydroxylation sites is 1. The van der Waals surface area contributed by atoms with Gasteiger partial charge in [-0.2, -0.15) is 0 Å². The quantitative estimate of drug-likeness (QED) is 0.857. The summed E-state index contributed by atoms with van der Waals surface area (Å²) in [4.78, 5) is 27.3. The van der Waals surface area contributed by atoms with E-state index in [2.05, 4.69) is 10.3 Å². The molecule has 0 atom stereocenters. The third kappa shape index (κ3) is 3.85. The van der Waals surface area contributed by atoms with Gasteiger partial charge in [0.2, 0.25) is 0 Å². The van der Waals surface area contributed by atoms with Gasteiger partial charge in [-0.15, -0.1) is 0 Å². The fraction of sp³-hybridized carbons (Fsp3) is 0.368. The van der Waals surface area contributed by atoms with E-state index in [4.69, 9.17) is 4.74 Å². The number of pyridine rings is 1. The number of carbonyl (C=O) groups excluding carboxylic acids is 1. The maximum Gasteiger partial charge on any atom is 0.255 e. The third-order valence-corrected chi connectivity index (χ3v) is 4.22. The van der Waals surface area contributed by atoms with Crippen LogP contribution in [0.25, 0.3) is 0 Å². The highest BCUT2D eigenvalue weighted by Gasteiger charge is 2.23. The summed E-state index contributed by atoms with van der Waals surface area (Å²) >= 11 is 0. The van der Waals surface area contributed by atoms with Crippen molar-refractivity contribution in [1.29, 1.82) is 0 Å². The molecule has 2 N–H and O–H groups in total. The number of H-pyrrole nitrogens is 1.